The first kappa shape index (κ1) is 10.5. The van der Waals surface area contributed by atoms with E-state index in [-0.39, 0.29) is 0 Å². The molecule has 1 aliphatic rings. The summed E-state index contributed by atoms with van der Waals surface area (Å²) >= 11 is 0. The maximum absolute atomic E-state index is 9.07. The van der Waals surface area contributed by atoms with Crippen LogP contribution in [0.5, 0.6) is 0 Å². The van der Waals surface area contributed by atoms with Crippen molar-refractivity contribution in [1.82, 2.24) is 9.55 Å². The molecular weight excluding hydrogens is 190 g/mol. The van der Waals surface area contributed by atoms with Gasteiger partial charge in [0.2, 0.25) is 5.95 Å². The molecular formula is C11H19N3O. The highest BCUT2D eigenvalue weighted by molar-refractivity contribution is 5.31. The van der Waals surface area contributed by atoms with Gasteiger partial charge in [0.1, 0.15) is 0 Å². The van der Waals surface area contributed by atoms with Gasteiger partial charge in [-0.15, -0.1) is 0 Å². The Labute approximate surface area is 90.5 Å². The van der Waals surface area contributed by atoms with Gasteiger partial charge in [0.25, 0.3) is 0 Å². The molecule has 1 aliphatic heterocycles. The Bertz CT molecular complexity index is 303. The van der Waals surface area contributed by atoms with Crippen LogP contribution in [0.4, 0.5) is 5.95 Å². The summed E-state index contributed by atoms with van der Waals surface area (Å²) in [6.07, 6.45) is 6.03. The maximum Gasteiger partial charge on any atom is 0.205 e. The van der Waals surface area contributed by atoms with E-state index < -0.39 is 0 Å². The third-order valence-corrected chi connectivity index (χ3v) is 3.19. The Hall–Kier alpha value is -1.03. The number of hydrogen-bond donors (Lipinski definition) is 1. The van der Waals surface area contributed by atoms with Crippen molar-refractivity contribution in [2.24, 2.45) is 5.92 Å². The molecule has 0 aliphatic carbocycles. The van der Waals surface area contributed by atoms with Crippen LogP contribution in [0, 0.1) is 5.92 Å². The first-order valence-electron chi connectivity index (χ1n) is 5.72. The summed E-state index contributed by atoms with van der Waals surface area (Å²) in [6.45, 7) is 5.46. The van der Waals surface area contributed by atoms with Gasteiger partial charge in [-0.1, -0.05) is 0 Å². The molecule has 1 fully saturated rings. The van der Waals surface area contributed by atoms with E-state index in [1.165, 1.54) is 0 Å². The predicted octanol–water partition coefficient (Wildman–Crippen LogP) is 1.11. The molecule has 84 valence electrons. The number of aryl methyl sites for hydroxylation is 1. The smallest absolute Gasteiger partial charge is 0.205 e. The van der Waals surface area contributed by atoms with E-state index >= 15 is 0 Å². The molecule has 0 amide bonds. The molecule has 0 unspecified atom stereocenters. The monoisotopic (exact) mass is 209 g/mol. The van der Waals surface area contributed by atoms with E-state index in [1.807, 2.05) is 12.4 Å². The summed E-state index contributed by atoms with van der Waals surface area (Å²) in [5.74, 6) is 1.57. The van der Waals surface area contributed by atoms with Crippen LogP contribution < -0.4 is 4.90 Å². The van der Waals surface area contributed by atoms with Crippen molar-refractivity contribution in [3.8, 4) is 0 Å². The molecule has 1 aromatic rings. The fourth-order valence-corrected chi connectivity index (χ4v) is 2.15. The second-order valence-corrected chi connectivity index (χ2v) is 4.13. The minimum Gasteiger partial charge on any atom is -0.396 e. The molecule has 4 heteroatoms. The Morgan fingerprint density at radius 1 is 1.47 bits per heavy atom. The molecule has 4 nitrogen and oxygen atoms in total. The fourth-order valence-electron chi connectivity index (χ4n) is 2.15. The number of aliphatic hydroxyl groups is 1. The number of hydrogen-bond acceptors (Lipinski definition) is 3. The Kier molecular flexibility index (Phi) is 3.26. The lowest BCUT2D eigenvalue weighted by Crippen LogP contribution is -2.36. The van der Waals surface area contributed by atoms with Crippen LogP contribution in [0.15, 0.2) is 12.4 Å². The van der Waals surface area contributed by atoms with Crippen molar-refractivity contribution in [2.45, 2.75) is 26.3 Å². The van der Waals surface area contributed by atoms with Crippen molar-refractivity contribution in [3.63, 3.8) is 0 Å². The summed E-state index contributed by atoms with van der Waals surface area (Å²) in [7, 11) is 0. The van der Waals surface area contributed by atoms with Gasteiger partial charge in [0.15, 0.2) is 0 Å². The highest BCUT2D eigenvalue weighted by atomic mass is 16.3. The summed E-state index contributed by atoms with van der Waals surface area (Å²) in [5.41, 5.74) is 0. The van der Waals surface area contributed by atoms with E-state index in [2.05, 4.69) is 21.4 Å². The van der Waals surface area contributed by atoms with Crippen LogP contribution in [-0.2, 0) is 6.54 Å². The van der Waals surface area contributed by atoms with Gasteiger partial charge in [-0.05, 0) is 25.7 Å². The van der Waals surface area contributed by atoms with Gasteiger partial charge in [-0.2, -0.15) is 0 Å². The molecule has 0 atom stereocenters. The third-order valence-electron chi connectivity index (χ3n) is 3.19. The topological polar surface area (TPSA) is 41.3 Å². The molecule has 1 aromatic heterocycles. The van der Waals surface area contributed by atoms with Crippen LogP contribution in [-0.4, -0.2) is 34.4 Å². The average Bonchev–Trinajstić information content (AvgIpc) is 2.77. The lowest BCUT2D eigenvalue weighted by atomic mass is 9.98. The van der Waals surface area contributed by atoms with Crippen LogP contribution in [0.1, 0.15) is 19.8 Å². The zero-order chi connectivity index (χ0) is 10.7. The van der Waals surface area contributed by atoms with Crippen molar-refractivity contribution < 1.29 is 5.11 Å². The second kappa shape index (κ2) is 4.66. The van der Waals surface area contributed by atoms with E-state index in [9.17, 15) is 0 Å². The highest BCUT2D eigenvalue weighted by Gasteiger charge is 2.20. The number of anilines is 1. The van der Waals surface area contributed by atoms with E-state index in [4.69, 9.17) is 5.11 Å². The maximum atomic E-state index is 9.07. The van der Waals surface area contributed by atoms with Crippen LogP contribution >= 0.6 is 0 Å². The number of nitrogens with zero attached hydrogens (tertiary/aromatic N) is 3. The van der Waals surface area contributed by atoms with Crippen molar-refractivity contribution >= 4 is 5.95 Å². The standard InChI is InChI=1S/C11H19N3O/c1-2-13-8-5-12-11(13)14-6-3-10(9-15)4-7-14/h5,8,10,15H,2-4,6-7,9H2,1H3. The van der Waals surface area contributed by atoms with Crippen molar-refractivity contribution in [3.05, 3.63) is 12.4 Å². The SMILES string of the molecule is CCn1ccnc1N1CCC(CO)CC1. The summed E-state index contributed by atoms with van der Waals surface area (Å²) in [6, 6.07) is 0. The fraction of sp³-hybridized carbons (Fsp3) is 0.727. The van der Waals surface area contributed by atoms with Gasteiger partial charge in [0.05, 0.1) is 0 Å². The van der Waals surface area contributed by atoms with Crippen molar-refractivity contribution in [1.29, 1.82) is 0 Å². The summed E-state index contributed by atoms with van der Waals surface area (Å²) in [4.78, 5) is 6.70. The number of imidazole rings is 1. The lowest BCUT2D eigenvalue weighted by molar-refractivity contribution is 0.202. The second-order valence-electron chi connectivity index (χ2n) is 4.13. The number of piperidine rings is 1. The normalized spacial score (nSPS) is 18.4. The molecule has 2 rings (SSSR count). The van der Waals surface area contributed by atoms with Gasteiger partial charge in [-0.3, -0.25) is 0 Å². The number of aromatic nitrogens is 2. The first-order chi connectivity index (χ1) is 7.35. The molecule has 0 bridgehead atoms. The molecule has 0 aromatic carbocycles. The Balaban J connectivity index is 2.01. The van der Waals surface area contributed by atoms with Gasteiger partial charge < -0.3 is 14.6 Å². The van der Waals surface area contributed by atoms with E-state index in [1.54, 1.807) is 0 Å². The van der Waals surface area contributed by atoms with Crippen LogP contribution in [0.2, 0.25) is 0 Å². The molecule has 0 spiro atoms. The molecule has 0 saturated carbocycles. The van der Waals surface area contributed by atoms with Gasteiger partial charge in [0, 0.05) is 38.6 Å². The minimum atomic E-state index is 0.329. The van der Waals surface area contributed by atoms with Crippen LogP contribution in [0.3, 0.4) is 0 Å². The quantitative estimate of drug-likeness (QED) is 0.811. The van der Waals surface area contributed by atoms with Crippen LogP contribution in [0.25, 0.3) is 0 Å². The van der Waals surface area contributed by atoms with Gasteiger partial charge >= 0.3 is 0 Å². The number of rotatable bonds is 3. The Morgan fingerprint density at radius 3 is 2.80 bits per heavy atom. The zero-order valence-electron chi connectivity index (χ0n) is 9.26. The van der Waals surface area contributed by atoms with Gasteiger partial charge in [-0.25, -0.2) is 4.98 Å². The average molecular weight is 209 g/mol. The highest BCUT2D eigenvalue weighted by Crippen LogP contribution is 2.21. The first-order valence-corrected chi connectivity index (χ1v) is 5.72. The molecule has 1 N–H and O–H groups in total. The molecule has 2 heterocycles. The summed E-state index contributed by atoms with van der Waals surface area (Å²) < 4.78 is 2.17. The number of aliphatic hydroxyl groups excluding tert-OH is 1. The van der Waals surface area contributed by atoms with E-state index in [0.29, 0.717) is 12.5 Å². The lowest BCUT2D eigenvalue weighted by Gasteiger charge is -2.32. The Morgan fingerprint density at radius 2 is 2.20 bits per heavy atom. The molecule has 15 heavy (non-hydrogen) atoms. The minimum absolute atomic E-state index is 0.329. The third kappa shape index (κ3) is 2.15. The largest absolute Gasteiger partial charge is 0.396 e. The predicted molar refractivity (Wildman–Crippen MR) is 59.9 cm³/mol. The summed E-state index contributed by atoms with van der Waals surface area (Å²) in [5, 5.41) is 9.07. The molecule has 0 radical (unpaired) electrons. The zero-order valence-corrected chi connectivity index (χ0v) is 9.26. The van der Waals surface area contributed by atoms with Crippen molar-refractivity contribution in [2.75, 3.05) is 24.6 Å². The van der Waals surface area contributed by atoms with E-state index in [0.717, 1.165) is 38.4 Å². The molecule has 1 saturated heterocycles.